The van der Waals surface area contributed by atoms with Gasteiger partial charge in [0.1, 0.15) is 5.82 Å². The van der Waals surface area contributed by atoms with Crippen molar-refractivity contribution in [1.29, 1.82) is 0 Å². The minimum Gasteiger partial charge on any atom is -0.368 e. The number of aliphatic imine (C=N–C) groups is 1. The Morgan fingerprint density at radius 3 is 2.14 bits per heavy atom. The fourth-order valence-corrected chi connectivity index (χ4v) is 3.83. The number of nitrogens with zero attached hydrogens (tertiary/aromatic N) is 3. The molecule has 0 atom stereocenters. The van der Waals surface area contributed by atoms with E-state index in [1.807, 2.05) is 12.1 Å². The lowest BCUT2D eigenvalue weighted by molar-refractivity contribution is 0.372. The topological polar surface area (TPSA) is 65.0 Å². The number of nitrogens with one attached hydrogen (secondary N) is 1. The van der Waals surface area contributed by atoms with E-state index in [9.17, 15) is 12.8 Å². The molecule has 6 nitrogen and oxygen atoms in total. The third-order valence-electron chi connectivity index (χ3n) is 4.78. The molecule has 1 fully saturated rings. The Balaban J connectivity index is 0.00000300. The van der Waals surface area contributed by atoms with Gasteiger partial charge in [-0.15, -0.1) is 24.0 Å². The van der Waals surface area contributed by atoms with Crippen LogP contribution >= 0.6 is 24.0 Å². The number of hydrogen-bond acceptors (Lipinski definition) is 4. The molecule has 1 aliphatic heterocycles. The molecule has 0 radical (unpaired) electrons. The van der Waals surface area contributed by atoms with Crippen LogP contribution in [0.1, 0.15) is 5.56 Å². The Kier molecular flexibility index (Phi) is 8.26. The van der Waals surface area contributed by atoms with Gasteiger partial charge in [0.05, 0.1) is 4.90 Å². The highest BCUT2D eigenvalue weighted by molar-refractivity contribution is 14.0. The maximum Gasteiger partial charge on any atom is 0.194 e. The van der Waals surface area contributed by atoms with Crippen molar-refractivity contribution in [2.24, 2.45) is 4.99 Å². The molecule has 3 rings (SSSR count). The molecule has 2 aromatic carbocycles. The molecule has 2 aromatic rings. The molecule has 1 saturated heterocycles. The second-order valence-corrected chi connectivity index (χ2v) is 8.78. The lowest BCUT2D eigenvalue weighted by Crippen LogP contribution is -2.52. The van der Waals surface area contributed by atoms with E-state index in [1.165, 1.54) is 18.4 Å². The number of hydrogen-bond donors (Lipinski definition) is 1. The molecule has 0 bridgehead atoms. The minimum absolute atomic E-state index is 0. The van der Waals surface area contributed by atoms with Crippen LogP contribution in [-0.4, -0.2) is 58.8 Å². The zero-order chi connectivity index (χ0) is 20.1. The second kappa shape index (κ2) is 10.2. The van der Waals surface area contributed by atoms with Crippen molar-refractivity contribution in [1.82, 2.24) is 10.2 Å². The molecule has 0 amide bonds. The van der Waals surface area contributed by atoms with Crippen molar-refractivity contribution in [2.75, 3.05) is 44.4 Å². The first-order chi connectivity index (χ1) is 13.4. The Hall–Kier alpha value is -1.88. The largest absolute Gasteiger partial charge is 0.368 e. The molecular weight excluding hydrogens is 506 g/mol. The molecule has 1 heterocycles. The average molecular weight is 532 g/mol. The van der Waals surface area contributed by atoms with Crippen LogP contribution in [0.4, 0.5) is 10.1 Å². The van der Waals surface area contributed by atoms with Crippen molar-refractivity contribution >= 4 is 45.5 Å². The first kappa shape index (κ1) is 23.4. The molecule has 158 valence electrons. The van der Waals surface area contributed by atoms with Gasteiger partial charge >= 0.3 is 0 Å². The van der Waals surface area contributed by atoms with Crippen LogP contribution in [0.3, 0.4) is 0 Å². The maximum absolute atomic E-state index is 13.1. The summed E-state index contributed by atoms with van der Waals surface area (Å²) in [5.74, 6) is 0.586. The molecule has 0 saturated carbocycles. The normalized spacial score (nSPS) is 15.1. The fraction of sp³-hybridized carbons (Fsp3) is 0.350. The van der Waals surface area contributed by atoms with Crippen molar-refractivity contribution in [2.45, 2.75) is 11.4 Å². The van der Waals surface area contributed by atoms with Crippen LogP contribution in [0.5, 0.6) is 0 Å². The quantitative estimate of drug-likeness (QED) is 0.373. The van der Waals surface area contributed by atoms with Gasteiger partial charge in [-0.25, -0.2) is 12.8 Å². The van der Waals surface area contributed by atoms with Crippen LogP contribution in [0.2, 0.25) is 0 Å². The van der Waals surface area contributed by atoms with Crippen molar-refractivity contribution < 1.29 is 12.8 Å². The number of halogens is 2. The minimum atomic E-state index is -3.18. The highest BCUT2D eigenvalue weighted by atomic mass is 127. The summed E-state index contributed by atoms with van der Waals surface area (Å²) in [5.41, 5.74) is 2.01. The van der Waals surface area contributed by atoms with Gasteiger partial charge in [-0.2, -0.15) is 0 Å². The van der Waals surface area contributed by atoms with Crippen LogP contribution < -0.4 is 10.2 Å². The Morgan fingerprint density at radius 2 is 1.62 bits per heavy atom. The summed E-state index contributed by atoms with van der Waals surface area (Å²) >= 11 is 0. The predicted octanol–water partition coefficient (Wildman–Crippen LogP) is 2.74. The zero-order valence-electron chi connectivity index (χ0n) is 16.5. The summed E-state index contributed by atoms with van der Waals surface area (Å²) in [6, 6.07) is 13.4. The Bertz CT molecular complexity index is 926. The Labute approximate surface area is 188 Å². The molecule has 29 heavy (non-hydrogen) atoms. The van der Waals surface area contributed by atoms with Crippen LogP contribution in [0.15, 0.2) is 58.4 Å². The number of piperazine rings is 1. The van der Waals surface area contributed by atoms with E-state index < -0.39 is 9.84 Å². The van der Waals surface area contributed by atoms with Crippen LogP contribution in [-0.2, 0) is 16.4 Å². The molecule has 0 unspecified atom stereocenters. The third kappa shape index (κ3) is 6.30. The first-order valence-electron chi connectivity index (χ1n) is 9.12. The summed E-state index contributed by atoms with van der Waals surface area (Å²) in [4.78, 5) is 9.09. The number of benzene rings is 2. The first-order valence-corrected chi connectivity index (χ1v) is 11.0. The fourth-order valence-electron chi connectivity index (χ4n) is 3.20. The number of guanidine groups is 1. The van der Waals surface area contributed by atoms with Crippen LogP contribution in [0.25, 0.3) is 0 Å². The summed E-state index contributed by atoms with van der Waals surface area (Å²) in [6.45, 7) is 3.84. The second-order valence-electron chi connectivity index (χ2n) is 6.77. The predicted molar refractivity (Wildman–Crippen MR) is 125 cm³/mol. The van der Waals surface area contributed by atoms with E-state index in [1.54, 1.807) is 31.3 Å². The van der Waals surface area contributed by atoms with Crippen molar-refractivity contribution in [3.63, 3.8) is 0 Å². The monoisotopic (exact) mass is 532 g/mol. The van der Waals surface area contributed by atoms with Gasteiger partial charge in [0.25, 0.3) is 0 Å². The van der Waals surface area contributed by atoms with E-state index in [-0.39, 0.29) is 29.8 Å². The third-order valence-corrected chi connectivity index (χ3v) is 5.91. The molecule has 0 spiro atoms. The van der Waals surface area contributed by atoms with Gasteiger partial charge in [-0.05, 0) is 42.0 Å². The van der Waals surface area contributed by atoms with Gasteiger partial charge in [0, 0.05) is 51.7 Å². The van der Waals surface area contributed by atoms with Gasteiger partial charge in [0.15, 0.2) is 15.8 Å². The van der Waals surface area contributed by atoms with Crippen molar-refractivity contribution in [3.05, 3.63) is 59.9 Å². The molecule has 9 heteroatoms. The van der Waals surface area contributed by atoms with E-state index in [0.29, 0.717) is 11.4 Å². The lowest BCUT2D eigenvalue weighted by Gasteiger charge is -2.37. The zero-order valence-corrected chi connectivity index (χ0v) is 19.7. The lowest BCUT2D eigenvalue weighted by atomic mass is 10.2. The van der Waals surface area contributed by atoms with Crippen LogP contribution in [0, 0.1) is 5.82 Å². The van der Waals surface area contributed by atoms with E-state index >= 15 is 0 Å². The van der Waals surface area contributed by atoms with Gasteiger partial charge < -0.3 is 15.1 Å². The number of anilines is 1. The van der Waals surface area contributed by atoms with Crippen molar-refractivity contribution in [3.8, 4) is 0 Å². The summed E-state index contributed by atoms with van der Waals surface area (Å²) in [7, 11) is -1.43. The smallest absolute Gasteiger partial charge is 0.194 e. The Morgan fingerprint density at radius 1 is 1.03 bits per heavy atom. The van der Waals surface area contributed by atoms with E-state index in [4.69, 9.17) is 0 Å². The molecule has 1 N–H and O–H groups in total. The molecule has 0 aromatic heterocycles. The highest BCUT2D eigenvalue weighted by Crippen LogP contribution is 2.17. The van der Waals surface area contributed by atoms with Gasteiger partial charge in [-0.1, -0.05) is 12.1 Å². The summed E-state index contributed by atoms with van der Waals surface area (Å²) in [6.07, 6.45) is 1.20. The molecule has 0 aliphatic carbocycles. The van der Waals surface area contributed by atoms with E-state index in [0.717, 1.165) is 43.4 Å². The highest BCUT2D eigenvalue weighted by Gasteiger charge is 2.19. The SMILES string of the molecule is CN=C(NCc1ccc(S(C)(=O)=O)cc1)N1CCN(c2ccc(F)cc2)CC1.I. The van der Waals surface area contributed by atoms with E-state index in [2.05, 4.69) is 20.1 Å². The standard InChI is InChI=1S/C20H25FN4O2S.HI/c1-22-20(23-15-16-3-9-19(10-4-16)28(2,26)27)25-13-11-24(12-14-25)18-7-5-17(21)6-8-18;/h3-10H,11-15H2,1-2H3,(H,22,23);1H. The number of sulfone groups is 1. The number of rotatable bonds is 4. The molecule has 1 aliphatic rings. The molecular formula is C20H26FIN4O2S. The van der Waals surface area contributed by atoms with Gasteiger partial charge in [0.2, 0.25) is 0 Å². The maximum atomic E-state index is 13.1. The average Bonchev–Trinajstić information content (AvgIpc) is 2.69. The summed E-state index contributed by atoms with van der Waals surface area (Å²) < 4.78 is 36.2. The van der Waals surface area contributed by atoms with Gasteiger partial charge in [-0.3, -0.25) is 4.99 Å². The summed E-state index contributed by atoms with van der Waals surface area (Å²) in [5, 5.41) is 3.33.